The summed E-state index contributed by atoms with van der Waals surface area (Å²) in [6, 6.07) is 19.1. The van der Waals surface area contributed by atoms with Crippen molar-refractivity contribution in [1.29, 1.82) is 5.26 Å². The van der Waals surface area contributed by atoms with Crippen molar-refractivity contribution in [3.8, 4) is 11.2 Å². The van der Waals surface area contributed by atoms with Crippen LogP contribution in [0.25, 0.3) is 25.6 Å². The van der Waals surface area contributed by atoms with Gasteiger partial charge >= 0.3 is 129 Å². The van der Waals surface area contributed by atoms with Crippen molar-refractivity contribution >= 4 is 124 Å². The molecule has 0 fully saturated rings. The van der Waals surface area contributed by atoms with Crippen molar-refractivity contribution in [2.24, 2.45) is 10.2 Å². The molecule has 1 N–H and O–H groups in total. The Morgan fingerprint density at radius 1 is 0.732 bits per heavy atom. The number of nitrogens with one attached hydrogen (secondary N) is 1. The molecule has 0 spiro atoms. The number of nitriles is 1. The summed E-state index contributed by atoms with van der Waals surface area (Å²) in [5.41, 5.74) is 3.71. The van der Waals surface area contributed by atoms with E-state index in [-0.39, 0.29) is 209 Å². The number of nitrogens with zero attached hydrogens (tertiary/aromatic N) is 9. The fraction of sp³-hybridized carbons (Fsp3) is 0.300. The molecule has 8 rings (SSSR count). The normalized spacial score (nSPS) is 11.7. The molecule has 22 nitrogen and oxygen atoms in total. The van der Waals surface area contributed by atoms with Crippen molar-refractivity contribution in [3.05, 3.63) is 111 Å². The van der Waals surface area contributed by atoms with E-state index in [1.165, 1.54) is 35.1 Å². The molecule has 4 aromatic heterocycles. The van der Waals surface area contributed by atoms with Gasteiger partial charge in [0.1, 0.15) is 53.5 Å². The quantitative estimate of drug-likeness (QED) is 0.0501. The van der Waals surface area contributed by atoms with Crippen LogP contribution in [-0.4, -0.2) is 76.3 Å². The fourth-order valence-corrected chi connectivity index (χ4v) is 13.5. The Kier molecular flexibility index (Phi) is 26.1. The molecular formula is C50H48N10Na4O12S6. The zero-order chi connectivity index (χ0) is 57.6. The first-order chi connectivity index (χ1) is 36.5. The fourth-order valence-electron chi connectivity index (χ4n) is 9.03. The predicted octanol–water partition coefficient (Wildman–Crippen LogP) is -2.02. The summed E-state index contributed by atoms with van der Waals surface area (Å²) in [6.45, 7) is 17.6. The van der Waals surface area contributed by atoms with Gasteiger partial charge in [0.2, 0.25) is 0 Å². The van der Waals surface area contributed by atoms with Crippen LogP contribution in [0.1, 0.15) is 98.7 Å². The second-order valence-corrected chi connectivity index (χ2v) is 25.0. The van der Waals surface area contributed by atoms with Crippen molar-refractivity contribution in [2.45, 2.75) is 115 Å². The Labute approximate surface area is 573 Å². The minimum absolute atomic E-state index is 0. The van der Waals surface area contributed by atoms with Gasteiger partial charge in [-0.05, 0) is 115 Å². The number of fused-ring (bicyclic) bond motifs is 2. The molecule has 0 saturated heterocycles. The summed E-state index contributed by atoms with van der Waals surface area (Å²) < 4.78 is 143. The van der Waals surface area contributed by atoms with E-state index >= 15 is 0 Å². The van der Waals surface area contributed by atoms with Crippen LogP contribution in [0.5, 0.6) is 0 Å². The molecule has 0 aliphatic rings. The van der Waals surface area contributed by atoms with Gasteiger partial charge in [-0.3, -0.25) is 4.90 Å². The van der Waals surface area contributed by atoms with Crippen molar-refractivity contribution in [2.75, 3.05) is 10.2 Å². The van der Waals surface area contributed by atoms with Crippen LogP contribution in [0.15, 0.2) is 79.5 Å². The third-order valence-corrected chi connectivity index (χ3v) is 17.2. The standard InChI is InChI=1S/C50H51N10O9S5.4Na.O3S/c1-11-29-21-27(6)43(73(64,65)66)32(13-3)41(29)55-46-40(56-57-47-34(25-51)45(50(8,9)10)58-60(47)49-53-35-17-15-16-18-37(35)70-49)26(5)23-39(54-46)59(48-52-36-20-19-31(72(61,62)63)24-38(36)71-48)42-30(12-2)22-28(7)44(33(42)14-4)74(67,68)69;;;;;1-4(2)3/h15,17-24H,11-14H2,1-10H3,(H,54,55)(H,61,62,63)(H,64,65,66)(H,67,68,69);;;;;/q-1;4*+1;/p-3. The van der Waals surface area contributed by atoms with Crippen LogP contribution in [0.4, 0.5) is 39.6 Å². The molecule has 410 valence electrons. The monoisotopic (exact) mass is 1260 g/mol. The second-order valence-electron chi connectivity index (χ2n) is 18.5. The number of pyridine rings is 1. The van der Waals surface area contributed by atoms with Crippen LogP contribution in [0, 0.1) is 38.2 Å². The molecule has 4 heterocycles. The average Bonchev–Trinajstić information content (AvgIpc) is 4.08. The smallest absolute Gasteiger partial charge is 0.744 e. The molecule has 0 bridgehead atoms. The van der Waals surface area contributed by atoms with E-state index < -0.39 is 61.1 Å². The van der Waals surface area contributed by atoms with Gasteiger partial charge < -0.3 is 19.0 Å². The molecule has 4 aromatic carbocycles. The van der Waals surface area contributed by atoms with Crippen LogP contribution in [0.2, 0.25) is 0 Å². The van der Waals surface area contributed by atoms with Gasteiger partial charge in [-0.15, -0.1) is 28.9 Å². The largest absolute Gasteiger partial charge is 1.00 e. The van der Waals surface area contributed by atoms with E-state index in [1.54, 1.807) is 69.0 Å². The third-order valence-electron chi connectivity index (χ3n) is 12.3. The zero-order valence-electron chi connectivity index (χ0n) is 47.4. The molecule has 0 unspecified atom stereocenters. The maximum absolute atomic E-state index is 13.2. The molecule has 8 aromatic rings. The Morgan fingerprint density at radius 2 is 1.30 bits per heavy atom. The van der Waals surface area contributed by atoms with Gasteiger partial charge in [0.05, 0.1) is 36.3 Å². The topological polar surface area (TPSA) is 343 Å². The number of hydrogen-bond acceptors (Lipinski definition) is 23. The van der Waals surface area contributed by atoms with E-state index in [1.807, 2.05) is 34.6 Å². The molecule has 0 aliphatic carbocycles. The zero-order valence-corrected chi connectivity index (χ0v) is 60.3. The molecule has 0 radical (unpaired) electrons. The first-order valence-electron chi connectivity index (χ1n) is 23.6. The predicted molar refractivity (Wildman–Crippen MR) is 290 cm³/mol. The first kappa shape index (κ1) is 73.3. The average molecular weight is 1270 g/mol. The van der Waals surface area contributed by atoms with Crippen molar-refractivity contribution < 1.29 is 170 Å². The first-order valence-corrected chi connectivity index (χ1v) is 30.5. The number of aromatic nitrogens is 5. The number of rotatable bonds is 15. The molecular weight excluding hydrogens is 1220 g/mol. The molecule has 0 aliphatic heterocycles. The molecule has 0 atom stereocenters. The van der Waals surface area contributed by atoms with Gasteiger partial charge in [-0.2, -0.15) is 44.6 Å². The van der Waals surface area contributed by atoms with Gasteiger partial charge in [0.15, 0.2) is 21.9 Å². The van der Waals surface area contributed by atoms with Crippen LogP contribution < -0.4 is 128 Å². The summed E-state index contributed by atoms with van der Waals surface area (Å²) in [5.74, 6) is 0.0504. The number of azo groups is 1. The minimum Gasteiger partial charge on any atom is -0.744 e. The maximum atomic E-state index is 13.2. The Hall–Kier alpha value is -2.94. The van der Waals surface area contributed by atoms with E-state index in [4.69, 9.17) is 42.9 Å². The Bertz CT molecular complexity index is 4260. The summed E-state index contributed by atoms with van der Waals surface area (Å²) in [4.78, 5) is 15.0. The summed E-state index contributed by atoms with van der Waals surface area (Å²) in [6.07, 6.45) is 0.787. The van der Waals surface area contributed by atoms with Crippen LogP contribution >= 0.6 is 22.7 Å². The summed E-state index contributed by atoms with van der Waals surface area (Å²) in [7, 11) is -18.2. The Morgan fingerprint density at radius 3 is 1.83 bits per heavy atom. The molecule has 0 amide bonds. The van der Waals surface area contributed by atoms with Gasteiger partial charge in [0.25, 0.3) is 0 Å². The van der Waals surface area contributed by atoms with E-state index in [9.17, 15) is 44.2 Å². The molecule has 82 heavy (non-hydrogen) atoms. The van der Waals surface area contributed by atoms with E-state index in [0.29, 0.717) is 45.9 Å². The van der Waals surface area contributed by atoms with E-state index in [2.05, 4.69) is 17.5 Å². The number of anilines is 5. The third kappa shape index (κ3) is 15.8. The van der Waals surface area contributed by atoms with Gasteiger partial charge in [0, 0.05) is 11.1 Å². The van der Waals surface area contributed by atoms with Crippen LogP contribution in [-0.2, 0) is 72.1 Å². The number of benzene rings is 4. The second kappa shape index (κ2) is 29.2. The van der Waals surface area contributed by atoms with Crippen LogP contribution in [0.3, 0.4) is 0 Å². The summed E-state index contributed by atoms with van der Waals surface area (Å²) in [5, 5.41) is 29.0. The van der Waals surface area contributed by atoms with Gasteiger partial charge in [-0.25, -0.2) is 40.2 Å². The maximum Gasteiger partial charge on any atom is 1.00 e. The van der Waals surface area contributed by atoms with E-state index in [0.717, 1.165) is 22.1 Å². The molecule has 32 heteroatoms. The number of aryl methyl sites for hydroxylation is 5. The summed E-state index contributed by atoms with van der Waals surface area (Å²) >= 11 is 2.27. The van der Waals surface area contributed by atoms with Gasteiger partial charge in [-0.1, -0.05) is 76.6 Å². The minimum atomic E-state index is -5.11. The Balaban J connectivity index is 0.00000213. The number of thiazole rings is 2. The number of hydrogen-bond donors (Lipinski definition) is 1. The molecule has 0 saturated carbocycles. The van der Waals surface area contributed by atoms with Crippen molar-refractivity contribution in [1.82, 2.24) is 24.7 Å². The van der Waals surface area contributed by atoms with Crippen molar-refractivity contribution in [3.63, 3.8) is 0 Å². The SMILES string of the molecule is CCc1cc(C)c(S(=O)(=O)[O-])c(CC)c1Nc1nc(N(c2nc3ccc(S(=O)(=O)[O-])cc3s2)c2c(CC)cc(C)c(S(=O)(=O)[O-])c2CC)cc(C)c1N=Nc1c(C#N)c(C(C)(C)C)nn1-c1nc2cc[c-]cc2s1.O=S(=O)=O.[Na+].[Na+].[Na+].[Na+].